The van der Waals surface area contributed by atoms with Crippen molar-refractivity contribution in [1.29, 1.82) is 0 Å². The Bertz CT molecular complexity index is 626. The molecule has 0 aliphatic heterocycles. The number of carbonyl (C=O) groups is 1. The summed E-state index contributed by atoms with van der Waals surface area (Å²) in [6.45, 7) is 4.79. The van der Waals surface area contributed by atoms with E-state index in [1.165, 1.54) is 26.4 Å². The number of esters is 1. The first kappa shape index (κ1) is 20.2. The summed E-state index contributed by atoms with van der Waals surface area (Å²) >= 11 is 0. The fraction of sp³-hybridized carbons (Fsp3) is 0.650. The predicted molar refractivity (Wildman–Crippen MR) is 103 cm³/mol. The molecule has 1 aliphatic carbocycles. The zero-order chi connectivity index (χ0) is 19.1. The van der Waals surface area contributed by atoms with Crippen molar-refractivity contribution in [3.63, 3.8) is 0 Å². The number of nitro groups is 1. The summed E-state index contributed by atoms with van der Waals surface area (Å²) in [5.41, 5.74) is 1.66. The highest BCUT2D eigenvalue weighted by Crippen LogP contribution is 2.37. The first-order valence-corrected chi connectivity index (χ1v) is 9.63. The van der Waals surface area contributed by atoms with Crippen LogP contribution in [0.1, 0.15) is 70.3 Å². The van der Waals surface area contributed by atoms with E-state index in [0.29, 0.717) is 11.7 Å². The van der Waals surface area contributed by atoms with Gasteiger partial charge in [-0.05, 0) is 43.7 Å². The van der Waals surface area contributed by atoms with Crippen molar-refractivity contribution in [3.8, 4) is 0 Å². The van der Waals surface area contributed by atoms with E-state index in [4.69, 9.17) is 4.74 Å². The topological polar surface area (TPSA) is 72.7 Å². The van der Waals surface area contributed by atoms with Crippen LogP contribution in [0.3, 0.4) is 0 Å². The number of hydrogen-bond acceptors (Lipinski definition) is 5. The van der Waals surface area contributed by atoms with Crippen LogP contribution >= 0.6 is 0 Å². The first-order valence-electron chi connectivity index (χ1n) is 9.63. The van der Waals surface area contributed by atoms with Gasteiger partial charge in [-0.2, -0.15) is 0 Å². The summed E-state index contributed by atoms with van der Waals surface area (Å²) in [5.74, 6) is -0.360. The minimum absolute atomic E-state index is 0.0695. The number of benzene rings is 1. The molecule has 1 aromatic carbocycles. The van der Waals surface area contributed by atoms with Crippen molar-refractivity contribution < 1.29 is 14.5 Å². The Kier molecular flexibility index (Phi) is 7.42. The highest BCUT2D eigenvalue weighted by molar-refractivity contribution is 5.71. The monoisotopic (exact) mass is 362 g/mol. The SMILES string of the molecule is CC[C@H](CC(=O)OC)c1ccc(N(CC)C2CCCCC2)c([N+](=O)[O-])c1. The standard InChI is InChI=1S/C20H30N2O4/c1-4-15(14-20(23)26-3)16-11-12-18(19(13-16)22(24)25)21(5-2)17-9-7-6-8-10-17/h11-13,15,17H,4-10,14H2,1-3H3/t15-/m1/s1. The third-order valence-electron chi connectivity index (χ3n) is 5.47. The van der Waals surface area contributed by atoms with E-state index in [2.05, 4.69) is 11.8 Å². The van der Waals surface area contributed by atoms with E-state index in [0.717, 1.165) is 31.4 Å². The number of ether oxygens (including phenoxy) is 1. The number of carbonyl (C=O) groups excluding carboxylic acids is 1. The van der Waals surface area contributed by atoms with Gasteiger partial charge in [0, 0.05) is 18.7 Å². The molecule has 1 aromatic rings. The highest BCUT2D eigenvalue weighted by atomic mass is 16.6. The van der Waals surface area contributed by atoms with Gasteiger partial charge in [-0.1, -0.05) is 32.3 Å². The van der Waals surface area contributed by atoms with Crippen molar-refractivity contribution in [1.82, 2.24) is 0 Å². The molecule has 1 aliphatic rings. The molecule has 1 saturated carbocycles. The Morgan fingerprint density at radius 3 is 2.54 bits per heavy atom. The van der Waals surface area contributed by atoms with Gasteiger partial charge in [-0.3, -0.25) is 14.9 Å². The van der Waals surface area contributed by atoms with Gasteiger partial charge in [0.25, 0.3) is 5.69 Å². The molecule has 0 bridgehead atoms. The van der Waals surface area contributed by atoms with Crippen LogP contribution < -0.4 is 4.90 Å². The quantitative estimate of drug-likeness (QED) is 0.377. The lowest BCUT2D eigenvalue weighted by molar-refractivity contribution is -0.384. The number of anilines is 1. The van der Waals surface area contributed by atoms with Crippen LogP contribution in [-0.2, 0) is 9.53 Å². The van der Waals surface area contributed by atoms with Crippen LogP contribution in [-0.4, -0.2) is 30.6 Å². The van der Waals surface area contributed by atoms with Crippen LogP contribution in [0.4, 0.5) is 11.4 Å². The van der Waals surface area contributed by atoms with Crippen LogP contribution in [0.2, 0.25) is 0 Å². The van der Waals surface area contributed by atoms with E-state index in [1.54, 1.807) is 6.07 Å². The number of nitrogens with zero attached hydrogens (tertiary/aromatic N) is 2. The second kappa shape index (κ2) is 9.55. The molecule has 0 aromatic heterocycles. The van der Waals surface area contributed by atoms with Crippen LogP contribution in [0.15, 0.2) is 18.2 Å². The van der Waals surface area contributed by atoms with Crippen LogP contribution in [0, 0.1) is 10.1 Å². The van der Waals surface area contributed by atoms with Gasteiger partial charge in [0.15, 0.2) is 0 Å². The van der Waals surface area contributed by atoms with Crippen LogP contribution in [0.25, 0.3) is 0 Å². The van der Waals surface area contributed by atoms with E-state index in [-0.39, 0.29) is 28.9 Å². The molecular formula is C20H30N2O4. The Hall–Kier alpha value is -2.11. The van der Waals surface area contributed by atoms with Gasteiger partial charge in [-0.25, -0.2) is 0 Å². The number of methoxy groups -OCH3 is 1. The minimum atomic E-state index is -0.296. The first-order chi connectivity index (χ1) is 12.5. The molecule has 2 rings (SSSR count). The molecule has 0 radical (unpaired) electrons. The lowest BCUT2D eigenvalue weighted by Gasteiger charge is -2.35. The number of hydrogen-bond donors (Lipinski definition) is 0. The lowest BCUT2D eigenvalue weighted by Crippen LogP contribution is -2.37. The fourth-order valence-corrected chi connectivity index (χ4v) is 3.98. The maximum Gasteiger partial charge on any atom is 0.306 e. The molecule has 0 spiro atoms. The lowest BCUT2D eigenvalue weighted by atomic mass is 9.91. The summed E-state index contributed by atoms with van der Waals surface area (Å²) < 4.78 is 4.76. The van der Waals surface area contributed by atoms with Gasteiger partial charge >= 0.3 is 5.97 Å². The van der Waals surface area contributed by atoms with Crippen molar-refractivity contribution >= 4 is 17.3 Å². The smallest absolute Gasteiger partial charge is 0.306 e. The van der Waals surface area contributed by atoms with Crippen molar-refractivity contribution in [2.75, 3.05) is 18.6 Å². The maximum atomic E-state index is 11.8. The molecule has 6 nitrogen and oxygen atoms in total. The summed E-state index contributed by atoms with van der Waals surface area (Å²) in [6.07, 6.45) is 6.77. The van der Waals surface area contributed by atoms with Gasteiger partial charge in [0.05, 0.1) is 18.5 Å². The summed E-state index contributed by atoms with van der Waals surface area (Å²) in [6, 6.07) is 5.82. The Balaban J connectivity index is 2.35. The predicted octanol–water partition coefficient (Wildman–Crippen LogP) is 4.81. The summed E-state index contributed by atoms with van der Waals surface area (Å²) in [7, 11) is 1.36. The van der Waals surface area contributed by atoms with Crippen LogP contribution in [0.5, 0.6) is 0 Å². The molecule has 1 fully saturated rings. The third kappa shape index (κ3) is 4.74. The van der Waals surface area contributed by atoms with Gasteiger partial charge in [0.1, 0.15) is 5.69 Å². The second-order valence-corrected chi connectivity index (χ2v) is 6.97. The second-order valence-electron chi connectivity index (χ2n) is 6.97. The van der Waals surface area contributed by atoms with Crippen molar-refractivity contribution in [3.05, 3.63) is 33.9 Å². The largest absolute Gasteiger partial charge is 0.469 e. The maximum absolute atomic E-state index is 11.8. The minimum Gasteiger partial charge on any atom is -0.469 e. The molecule has 0 saturated heterocycles. The van der Waals surface area contributed by atoms with E-state index >= 15 is 0 Å². The highest BCUT2D eigenvalue weighted by Gasteiger charge is 2.27. The number of rotatable bonds is 8. The zero-order valence-corrected chi connectivity index (χ0v) is 16.1. The Morgan fingerprint density at radius 2 is 2.00 bits per heavy atom. The molecule has 0 unspecified atom stereocenters. The average Bonchev–Trinajstić information content (AvgIpc) is 2.67. The Morgan fingerprint density at radius 1 is 1.31 bits per heavy atom. The third-order valence-corrected chi connectivity index (χ3v) is 5.47. The van der Waals surface area contributed by atoms with Gasteiger partial charge in [0.2, 0.25) is 0 Å². The van der Waals surface area contributed by atoms with Crippen molar-refractivity contribution in [2.45, 2.75) is 70.8 Å². The molecule has 0 amide bonds. The molecule has 6 heteroatoms. The molecule has 26 heavy (non-hydrogen) atoms. The van der Waals surface area contributed by atoms with Gasteiger partial charge < -0.3 is 9.64 Å². The molecular weight excluding hydrogens is 332 g/mol. The molecule has 0 N–H and O–H groups in total. The fourth-order valence-electron chi connectivity index (χ4n) is 3.98. The van der Waals surface area contributed by atoms with E-state index in [1.807, 2.05) is 19.1 Å². The number of nitro benzene ring substituents is 1. The molecule has 1 atom stereocenters. The molecule has 0 heterocycles. The Labute approximate surface area is 155 Å². The zero-order valence-electron chi connectivity index (χ0n) is 16.1. The van der Waals surface area contributed by atoms with E-state index in [9.17, 15) is 14.9 Å². The van der Waals surface area contributed by atoms with Gasteiger partial charge in [-0.15, -0.1) is 0 Å². The van der Waals surface area contributed by atoms with Crippen molar-refractivity contribution in [2.24, 2.45) is 0 Å². The summed E-state index contributed by atoms with van der Waals surface area (Å²) in [5, 5.41) is 11.8. The normalized spacial score (nSPS) is 16.1. The molecule has 144 valence electrons. The summed E-state index contributed by atoms with van der Waals surface area (Å²) in [4.78, 5) is 25.3. The van der Waals surface area contributed by atoms with E-state index < -0.39 is 0 Å². The average molecular weight is 362 g/mol.